The van der Waals surface area contributed by atoms with Crippen molar-refractivity contribution in [1.29, 1.82) is 0 Å². The van der Waals surface area contributed by atoms with E-state index in [1.807, 2.05) is 61.6 Å². The molecule has 1 aliphatic rings. The molecular weight excluding hydrogens is 612 g/mol. The average molecular weight is 665 g/mol. The minimum Gasteiger partial charge on any atom is -0.458 e. The maximum absolute atomic E-state index is 12.7. The number of hydrogen-bond donors (Lipinski definition) is 3. The van der Waals surface area contributed by atoms with Crippen molar-refractivity contribution >= 4 is 11.9 Å². The van der Waals surface area contributed by atoms with E-state index in [1.54, 1.807) is 0 Å². The van der Waals surface area contributed by atoms with Crippen LogP contribution in [0.5, 0.6) is 0 Å². The molecule has 1 aliphatic carbocycles. The molecule has 0 saturated heterocycles. The molecule has 0 bridgehead atoms. The number of carbonyl (C=O) groups excluding carboxylic acids is 2. The number of benzene rings is 1. The molecule has 5 atom stereocenters. The lowest BCUT2D eigenvalue weighted by molar-refractivity contribution is -0.758. The lowest BCUT2D eigenvalue weighted by Gasteiger charge is -2.21. The molecule has 0 aromatic heterocycles. The van der Waals surface area contributed by atoms with E-state index in [0.717, 1.165) is 18.4 Å². The minimum absolute atomic E-state index is 0.0434. The van der Waals surface area contributed by atoms with Crippen molar-refractivity contribution < 1.29 is 48.7 Å². The van der Waals surface area contributed by atoms with Crippen molar-refractivity contribution in [3.63, 3.8) is 0 Å². The Hall–Kier alpha value is -3.36. The van der Waals surface area contributed by atoms with Crippen LogP contribution in [-0.2, 0) is 39.8 Å². The van der Waals surface area contributed by atoms with Gasteiger partial charge in [-0.05, 0) is 56.6 Å². The number of rotatable bonds is 26. The zero-order valence-electron chi connectivity index (χ0n) is 27.4. The fraction of sp³-hybridized carbons (Fsp3) is 0.647. The van der Waals surface area contributed by atoms with Crippen molar-refractivity contribution in [2.24, 2.45) is 11.8 Å². The van der Waals surface area contributed by atoms with E-state index in [2.05, 4.69) is 10.2 Å². The van der Waals surface area contributed by atoms with Gasteiger partial charge in [0, 0.05) is 25.3 Å². The van der Waals surface area contributed by atoms with Crippen molar-refractivity contribution in [1.82, 2.24) is 5.32 Å². The highest BCUT2D eigenvalue weighted by Crippen LogP contribution is 2.36. The summed E-state index contributed by atoms with van der Waals surface area (Å²) in [5, 5.41) is 33.3. The van der Waals surface area contributed by atoms with Crippen LogP contribution in [0.25, 0.3) is 0 Å². The number of nitrogens with zero attached hydrogens (tertiary/aromatic N) is 1. The molecule has 0 heterocycles. The summed E-state index contributed by atoms with van der Waals surface area (Å²) in [5.74, 6) is -0.817. The van der Waals surface area contributed by atoms with Crippen molar-refractivity contribution in [2.45, 2.75) is 76.6 Å². The number of ether oxygens (including phenoxy) is 4. The van der Waals surface area contributed by atoms with Gasteiger partial charge in [-0.15, -0.1) is 10.1 Å². The first kappa shape index (κ1) is 39.8. The van der Waals surface area contributed by atoms with E-state index in [0.29, 0.717) is 45.4 Å². The van der Waals surface area contributed by atoms with Gasteiger partial charge in [0.1, 0.15) is 12.7 Å². The summed E-state index contributed by atoms with van der Waals surface area (Å²) >= 11 is 0. The second-order valence-electron chi connectivity index (χ2n) is 11.2. The maximum atomic E-state index is 12.7. The molecule has 264 valence electrons. The standard InChI is InChI=1S/C34H52N2O11/c1-2-35-33(39)13-9-4-3-8-12-29-30(32(38)26-31(29)37)17-16-28(15-14-27-10-6-5-7-11-27)47-34(40)18-19-43-20-21-44-22-23-45-24-25-46-36(41)42/h3,5-8,10-11,16-17,28-32,37-38H,2,4,9,12-15,18-26H2,1H3,(H,35,39)/b8-3-,17-16+/t28-,29+,30+,31-,32+/m0/s1. The second-order valence-corrected chi connectivity index (χ2v) is 11.2. The number of hydrogen-bond acceptors (Lipinski definition) is 11. The highest BCUT2D eigenvalue weighted by Gasteiger charge is 2.39. The molecule has 1 aromatic carbocycles. The second kappa shape index (κ2) is 24.8. The van der Waals surface area contributed by atoms with Gasteiger partial charge >= 0.3 is 5.97 Å². The van der Waals surface area contributed by atoms with Crippen LogP contribution in [-0.4, -0.2) is 98.3 Å². The number of allylic oxidation sites excluding steroid dienone is 2. The van der Waals surface area contributed by atoms with Gasteiger partial charge < -0.3 is 39.3 Å². The maximum Gasteiger partial charge on any atom is 0.308 e. The number of amides is 1. The Labute approximate surface area is 277 Å². The Morgan fingerprint density at radius 2 is 1.66 bits per heavy atom. The highest BCUT2D eigenvalue weighted by molar-refractivity contribution is 5.75. The summed E-state index contributed by atoms with van der Waals surface area (Å²) in [7, 11) is 0. The van der Waals surface area contributed by atoms with E-state index in [-0.39, 0.29) is 63.6 Å². The van der Waals surface area contributed by atoms with Crippen LogP contribution in [0.15, 0.2) is 54.6 Å². The quantitative estimate of drug-likeness (QED) is 0.0435. The van der Waals surface area contributed by atoms with Crippen molar-refractivity contribution in [2.75, 3.05) is 52.8 Å². The van der Waals surface area contributed by atoms with E-state index in [1.165, 1.54) is 0 Å². The Balaban J connectivity index is 1.80. The third-order valence-electron chi connectivity index (χ3n) is 7.65. The monoisotopic (exact) mass is 664 g/mol. The SMILES string of the molecule is CCNC(=O)CCC/C=C\C[C@@H]1[C@@H](/C=C/[C@H](CCc2ccccc2)OC(=O)CCOCCOCCOCCO[N+](=O)[O-])[C@H](O)C[C@@H]1O. The number of esters is 1. The first-order valence-corrected chi connectivity index (χ1v) is 16.5. The Morgan fingerprint density at radius 1 is 0.979 bits per heavy atom. The van der Waals surface area contributed by atoms with E-state index in [4.69, 9.17) is 18.9 Å². The first-order valence-electron chi connectivity index (χ1n) is 16.5. The van der Waals surface area contributed by atoms with Gasteiger partial charge in [-0.25, -0.2) is 0 Å². The molecular formula is C34H52N2O11. The Kier molecular flexibility index (Phi) is 21.0. The summed E-state index contributed by atoms with van der Waals surface area (Å²) in [5.41, 5.74) is 1.12. The van der Waals surface area contributed by atoms with Crippen molar-refractivity contribution in [3.8, 4) is 0 Å². The summed E-state index contributed by atoms with van der Waals surface area (Å²) < 4.78 is 21.8. The Bertz CT molecular complexity index is 1070. The van der Waals surface area contributed by atoms with Crippen LogP contribution in [0.2, 0.25) is 0 Å². The van der Waals surface area contributed by atoms with Gasteiger partial charge in [0.05, 0.1) is 58.3 Å². The predicted octanol–water partition coefficient (Wildman–Crippen LogP) is 3.35. The van der Waals surface area contributed by atoms with Crippen LogP contribution in [0, 0.1) is 22.0 Å². The fourth-order valence-electron chi connectivity index (χ4n) is 5.24. The zero-order valence-corrected chi connectivity index (χ0v) is 27.4. The third-order valence-corrected chi connectivity index (χ3v) is 7.65. The molecule has 13 nitrogen and oxygen atoms in total. The summed E-state index contributed by atoms with van der Waals surface area (Å²) in [6, 6.07) is 9.91. The molecule has 0 radical (unpaired) electrons. The van der Waals surface area contributed by atoms with E-state index in [9.17, 15) is 29.9 Å². The van der Waals surface area contributed by atoms with Gasteiger partial charge in [0.15, 0.2) is 0 Å². The number of nitrogens with one attached hydrogen (secondary N) is 1. The van der Waals surface area contributed by atoms with Gasteiger partial charge in [-0.1, -0.05) is 48.6 Å². The molecule has 1 fully saturated rings. The molecule has 13 heteroatoms. The normalized spacial score (nSPS) is 20.1. The van der Waals surface area contributed by atoms with Crippen LogP contribution >= 0.6 is 0 Å². The molecule has 0 unspecified atom stereocenters. The average Bonchev–Trinajstić information content (AvgIpc) is 3.32. The number of carbonyl (C=O) groups is 2. The lowest BCUT2D eigenvalue weighted by atomic mass is 9.89. The first-order chi connectivity index (χ1) is 22.8. The number of aryl methyl sites for hydroxylation is 1. The van der Waals surface area contributed by atoms with Crippen LogP contribution in [0.1, 0.15) is 57.4 Å². The largest absolute Gasteiger partial charge is 0.458 e. The molecule has 2 rings (SSSR count). The smallest absolute Gasteiger partial charge is 0.308 e. The van der Waals surface area contributed by atoms with Gasteiger partial charge in [0.25, 0.3) is 5.09 Å². The van der Waals surface area contributed by atoms with Gasteiger partial charge in [-0.2, -0.15) is 0 Å². The third kappa shape index (κ3) is 18.5. The summed E-state index contributed by atoms with van der Waals surface area (Å²) in [6.45, 7) is 3.77. The molecule has 0 aliphatic heterocycles. The van der Waals surface area contributed by atoms with Crippen LogP contribution < -0.4 is 5.32 Å². The Morgan fingerprint density at radius 3 is 2.34 bits per heavy atom. The molecule has 3 N–H and O–H groups in total. The molecule has 0 spiro atoms. The zero-order chi connectivity index (χ0) is 34.1. The fourth-order valence-corrected chi connectivity index (χ4v) is 5.24. The molecule has 47 heavy (non-hydrogen) atoms. The number of unbranched alkanes of at least 4 members (excludes halogenated alkanes) is 1. The lowest BCUT2D eigenvalue weighted by Crippen LogP contribution is -2.22. The molecule has 1 saturated carbocycles. The highest BCUT2D eigenvalue weighted by atomic mass is 17.0. The number of aliphatic hydroxyl groups excluding tert-OH is 2. The van der Waals surface area contributed by atoms with Gasteiger partial charge in [0.2, 0.25) is 5.91 Å². The predicted molar refractivity (Wildman–Crippen MR) is 174 cm³/mol. The number of aliphatic hydroxyl groups is 2. The van der Waals surface area contributed by atoms with Crippen LogP contribution in [0.4, 0.5) is 0 Å². The molecule has 1 amide bonds. The topological polar surface area (TPSA) is 176 Å². The van der Waals surface area contributed by atoms with E-state index < -0.39 is 29.4 Å². The van der Waals surface area contributed by atoms with E-state index >= 15 is 0 Å². The summed E-state index contributed by atoms with van der Waals surface area (Å²) in [6.07, 6.45) is 10.1. The summed E-state index contributed by atoms with van der Waals surface area (Å²) in [4.78, 5) is 38.5. The van der Waals surface area contributed by atoms with Crippen LogP contribution in [0.3, 0.4) is 0 Å². The van der Waals surface area contributed by atoms with Gasteiger partial charge in [-0.3, -0.25) is 9.59 Å². The minimum atomic E-state index is -0.875. The molecule has 1 aromatic rings. The van der Waals surface area contributed by atoms with Crippen molar-refractivity contribution in [3.05, 3.63) is 70.3 Å².